The Morgan fingerprint density at radius 1 is 1.29 bits per heavy atom. The van der Waals surface area contributed by atoms with Crippen LogP contribution in [0, 0.1) is 5.41 Å². The molecule has 1 atom stereocenters. The van der Waals surface area contributed by atoms with Crippen LogP contribution in [0.15, 0.2) is 41.9 Å². The van der Waals surface area contributed by atoms with Crippen LogP contribution in [0.4, 0.5) is 10.1 Å². The predicted molar refractivity (Wildman–Crippen MR) is 121 cm³/mol. The number of ether oxygens (including phenoxy) is 1. The fraction of sp³-hybridized carbons (Fsp3) is 0.600. The van der Waals surface area contributed by atoms with E-state index >= 15 is 0 Å². The van der Waals surface area contributed by atoms with Gasteiger partial charge in [0.2, 0.25) is 0 Å². The van der Waals surface area contributed by atoms with Crippen LogP contribution in [-0.4, -0.2) is 42.2 Å². The second-order valence-electron chi connectivity index (χ2n) is 10.4. The third-order valence-electron chi connectivity index (χ3n) is 7.13. The Kier molecular flexibility index (Phi) is 5.71. The normalized spacial score (nSPS) is 26.7. The molecule has 1 aliphatic heterocycles. The number of allylic oxidation sites excluding steroid dienone is 2. The molecule has 1 unspecified atom stereocenters. The standard InChI is InChI=1S/C25H34FN3O2/c1-23(2)8-5-13-29(17-23)20-7-12-27-21(15-20)22(30)28-25(10-11-25)16-18-14-19(26)6-9-24(18,3)31-4/h6-7,12,14-15H,5,8-11,13,16-17H2,1-4H3,(H,28,30). The van der Waals surface area contributed by atoms with Gasteiger partial charge in [-0.2, -0.15) is 0 Å². The summed E-state index contributed by atoms with van der Waals surface area (Å²) in [5, 5.41) is 3.20. The van der Waals surface area contributed by atoms with Crippen molar-refractivity contribution in [3.63, 3.8) is 0 Å². The third-order valence-corrected chi connectivity index (χ3v) is 7.13. The number of aromatic nitrogens is 1. The van der Waals surface area contributed by atoms with Crippen molar-refractivity contribution in [2.45, 2.75) is 70.4 Å². The summed E-state index contributed by atoms with van der Waals surface area (Å²) in [6.45, 7) is 8.53. The molecular weight excluding hydrogens is 393 g/mol. The number of nitrogens with zero attached hydrogens (tertiary/aromatic N) is 2. The molecule has 1 saturated carbocycles. The van der Waals surface area contributed by atoms with Crippen molar-refractivity contribution in [1.29, 1.82) is 0 Å². The van der Waals surface area contributed by atoms with Crippen LogP contribution >= 0.6 is 0 Å². The molecule has 0 radical (unpaired) electrons. The lowest BCUT2D eigenvalue weighted by atomic mass is 9.83. The van der Waals surface area contributed by atoms with Crippen molar-refractivity contribution in [3.05, 3.63) is 47.6 Å². The lowest BCUT2D eigenvalue weighted by molar-refractivity contribution is 0.0342. The van der Waals surface area contributed by atoms with Crippen LogP contribution in [0.1, 0.15) is 69.8 Å². The number of hydrogen-bond donors (Lipinski definition) is 1. The minimum atomic E-state index is -0.533. The molecule has 1 aromatic rings. The smallest absolute Gasteiger partial charge is 0.270 e. The van der Waals surface area contributed by atoms with Gasteiger partial charge < -0.3 is 15.0 Å². The number of methoxy groups -OCH3 is 1. The zero-order valence-corrected chi connectivity index (χ0v) is 19.1. The molecule has 1 amide bonds. The van der Waals surface area contributed by atoms with E-state index < -0.39 is 5.60 Å². The molecule has 2 fully saturated rings. The Balaban J connectivity index is 1.47. The Morgan fingerprint density at radius 3 is 2.74 bits per heavy atom. The summed E-state index contributed by atoms with van der Waals surface area (Å²) in [5.41, 5.74) is 1.77. The number of pyridine rings is 1. The number of hydrogen-bond acceptors (Lipinski definition) is 4. The summed E-state index contributed by atoms with van der Waals surface area (Å²) in [7, 11) is 1.65. The van der Waals surface area contributed by atoms with Crippen LogP contribution in [0.2, 0.25) is 0 Å². The van der Waals surface area contributed by atoms with Gasteiger partial charge >= 0.3 is 0 Å². The molecule has 31 heavy (non-hydrogen) atoms. The van der Waals surface area contributed by atoms with Gasteiger partial charge in [0.15, 0.2) is 0 Å². The zero-order chi connectivity index (χ0) is 22.3. The van der Waals surface area contributed by atoms with Crippen LogP contribution in [0.25, 0.3) is 0 Å². The number of nitrogens with one attached hydrogen (secondary N) is 1. The molecule has 0 bridgehead atoms. The summed E-state index contributed by atoms with van der Waals surface area (Å²) >= 11 is 0. The van der Waals surface area contributed by atoms with Crippen molar-refractivity contribution in [1.82, 2.24) is 10.3 Å². The van der Waals surface area contributed by atoms with Gasteiger partial charge in [-0.05, 0) is 74.3 Å². The first-order valence-electron chi connectivity index (χ1n) is 11.3. The number of anilines is 1. The fourth-order valence-electron chi connectivity index (χ4n) is 4.80. The SMILES string of the molecule is COC1(C)CC=C(F)C=C1CC1(NC(=O)c2cc(N3CCCC(C)(C)C3)ccn2)CC1. The lowest BCUT2D eigenvalue weighted by Crippen LogP contribution is -2.42. The van der Waals surface area contributed by atoms with E-state index in [1.807, 2.05) is 19.1 Å². The first kappa shape index (κ1) is 22.0. The molecular formula is C25H34FN3O2. The van der Waals surface area contributed by atoms with E-state index in [-0.39, 0.29) is 22.7 Å². The summed E-state index contributed by atoms with van der Waals surface area (Å²) in [6, 6.07) is 3.88. The average Bonchev–Trinajstić information content (AvgIpc) is 3.49. The molecule has 5 nitrogen and oxygen atoms in total. The van der Waals surface area contributed by atoms with Crippen molar-refractivity contribution >= 4 is 11.6 Å². The molecule has 4 rings (SSSR count). The van der Waals surface area contributed by atoms with Crippen LogP contribution in [-0.2, 0) is 4.74 Å². The highest BCUT2D eigenvalue weighted by molar-refractivity contribution is 5.94. The van der Waals surface area contributed by atoms with Gasteiger partial charge in [0.05, 0.1) is 5.60 Å². The number of piperidine rings is 1. The van der Waals surface area contributed by atoms with Gasteiger partial charge in [0.25, 0.3) is 5.91 Å². The molecule has 1 aromatic heterocycles. The number of carbonyl (C=O) groups excluding carboxylic acids is 1. The van der Waals surface area contributed by atoms with Crippen molar-refractivity contribution < 1.29 is 13.9 Å². The van der Waals surface area contributed by atoms with Crippen molar-refractivity contribution in [2.24, 2.45) is 5.41 Å². The molecule has 1 N–H and O–H groups in total. The maximum absolute atomic E-state index is 13.9. The van der Waals surface area contributed by atoms with Gasteiger partial charge in [-0.15, -0.1) is 0 Å². The molecule has 2 aliphatic carbocycles. The van der Waals surface area contributed by atoms with Gasteiger partial charge in [-0.1, -0.05) is 13.8 Å². The summed E-state index contributed by atoms with van der Waals surface area (Å²) < 4.78 is 19.6. The van der Waals surface area contributed by atoms with E-state index in [0.29, 0.717) is 18.5 Å². The van der Waals surface area contributed by atoms with E-state index in [2.05, 4.69) is 29.0 Å². The zero-order valence-electron chi connectivity index (χ0n) is 19.1. The van der Waals surface area contributed by atoms with Gasteiger partial charge in [-0.3, -0.25) is 9.78 Å². The average molecular weight is 428 g/mol. The largest absolute Gasteiger partial charge is 0.374 e. The minimum Gasteiger partial charge on any atom is -0.374 e. The van der Waals surface area contributed by atoms with E-state index in [9.17, 15) is 9.18 Å². The molecule has 3 aliphatic rings. The van der Waals surface area contributed by atoms with Crippen LogP contribution < -0.4 is 10.2 Å². The molecule has 1 saturated heterocycles. The minimum absolute atomic E-state index is 0.165. The topological polar surface area (TPSA) is 54.5 Å². The van der Waals surface area contributed by atoms with Crippen LogP contribution in [0.5, 0.6) is 0 Å². The van der Waals surface area contributed by atoms with Gasteiger partial charge in [0.1, 0.15) is 11.5 Å². The highest BCUT2D eigenvalue weighted by atomic mass is 19.1. The lowest BCUT2D eigenvalue weighted by Gasteiger charge is -2.39. The third kappa shape index (κ3) is 4.84. The molecule has 6 heteroatoms. The maximum Gasteiger partial charge on any atom is 0.270 e. The van der Waals surface area contributed by atoms with Gasteiger partial charge in [-0.25, -0.2) is 4.39 Å². The first-order chi connectivity index (χ1) is 14.6. The van der Waals surface area contributed by atoms with Crippen molar-refractivity contribution in [3.8, 4) is 0 Å². The Hall–Kier alpha value is -2.21. The van der Waals surface area contributed by atoms with E-state index in [1.165, 1.54) is 6.42 Å². The van der Waals surface area contributed by atoms with E-state index in [1.54, 1.807) is 25.5 Å². The number of rotatable bonds is 6. The van der Waals surface area contributed by atoms with Gasteiger partial charge in [0, 0.05) is 44.0 Å². The number of carbonyl (C=O) groups is 1. The Bertz CT molecular complexity index is 919. The number of halogens is 1. The second kappa shape index (κ2) is 8.05. The van der Waals surface area contributed by atoms with Crippen LogP contribution in [0.3, 0.4) is 0 Å². The summed E-state index contributed by atoms with van der Waals surface area (Å²) in [5.74, 6) is -0.396. The van der Waals surface area contributed by atoms with Crippen molar-refractivity contribution in [2.75, 3.05) is 25.1 Å². The predicted octanol–water partition coefficient (Wildman–Crippen LogP) is 4.95. The monoisotopic (exact) mass is 427 g/mol. The summed E-state index contributed by atoms with van der Waals surface area (Å²) in [6.07, 6.45) is 10.1. The van der Waals surface area contributed by atoms with E-state index in [0.717, 1.165) is 43.6 Å². The maximum atomic E-state index is 13.9. The van der Waals surface area contributed by atoms with E-state index in [4.69, 9.17) is 4.74 Å². The highest BCUT2D eigenvalue weighted by Crippen LogP contribution is 2.46. The Labute approximate surface area is 184 Å². The highest BCUT2D eigenvalue weighted by Gasteiger charge is 2.47. The molecule has 0 spiro atoms. The molecule has 0 aromatic carbocycles. The number of amides is 1. The quantitative estimate of drug-likeness (QED) is 0.698. The molecule has 168 valence electrons. The molecule has 2 heterocycles. The summed E-state index contributed by atoms with van der Waals surface area (Å²) in [4.78, 5) is 19.8. The Morgan fingerprint density at radius 2 is 2.06 bits per heavy atom. The fourth-order valence-corrected chi connectivity index (χ4v) is 4.80. The second-order valence-corrected chi connectivity index (χ2v) is 10.4. The first-order valence-corrected chi connectivity index (χ1v) is 11.3.